The fraction of sp³-hybridized carbons (Fsp3) is 1.00. The molecule has 0 spiro atoms. The van der Waals surface area contributed by atoms with Crippen LogP contribution in [0.1, 0.15) is 40.5 Å². The minimum Gasteiger partial charge on any atom is -0.395 e. The van der Waals surface area contributed by atoms with Crippen molar-refractivity contribution in [3.63, 3.8) is 0 Å². The van der Waals surface area contributed by atoms with E-state index in [9.17, 15) is 19.7 Å². The summed E-state index contributed by atoms with van der Waals surface area (Å²) in [6.45, 7) is 8.49. The van der Waals surface area contributed by atoms with Gasteiger partial charge in [0.05, 0.1) is 13.2 Å². The zero-order valence-electron chi connectivity index (χ0n) is 13.0. The molecule has 6 nitrogen and oxygen atoms in total. The third kappa shape index (κ3) is 7.16. The van der Waals surface area contributed by atoms with Crippen LogP contribution in [0.25, 0.3) is 0 Å². The van der Waals surface area contributed by atoms with Gasteiger partial charge in [0.15, 0.2) is 0 Å². The minimum absolute atomic E-state index is 0.0896. The molecule has 1 atom stereocenters. The van der Waals surface area contributed by atoms with Crippen LogP contribution >= 0.6 is 8.25 Å². The van der Waals surface area contributed by atoms with E-state index < -0.39 is 14.0 Å². The Morgan fingerprint density at radius 1 is 1.05 bits per heavy atom. The average Bonchev–Trinajstić information content (AvgIpc) is 2.25. The summed E-state index contributed by atoms with van der Waals surface area (Å²) in [7, 11) is -3.12. The van der Waals surface area contributed by atoms with Crippen LogP contribution in [0.3, 0.4) is 0 Å². The largest absolute Gasteiger partial charge is 0.395 e. The molecule has 0 bridgehead atoms. The zero-order valence-corrected chi connectivity index (χ0v) is 14.0. The Morgan fingerprint density at radius 2 is 1.45 bits per heavy atom. The van der Waals surface area contributed by atoms with E-state index in [4.69, 9.17) is 4.52 Å². The lowest BCUT2D eigenvalue weighted by molar-refractivity contribution is -0.121. The Morgan fingerprint density at radius 3 is 1.70 bits per heavy atom. The van der Waals surface area contributed by atoms with Crippen LogP contribution < -0.4 is 0 Å². The molecule has 0 heterocycles. The van der Waals surface area contributed by atoms with Crippen LogP contribution in [-0.2, 0) is 9.09 Å². The molecule has 7 heteroatoms. The lowest BCUT2D eigenvalue weighted by Gasteiger charge is -2.44. The number of rotatable bonds is 11. The quantitative estimate of drug-likeness (QED) is 0.395. The van der Waals surface area contributed by atoms with Gasteiger partial charge in [-0.25, -0.2) is 0 Å². The second-order valence-electron chi connectivity index (χ2n) is 5.94. The SMILES string of the molecule is CC(C)CC(CC(C)C)(O[PH](=O)O)N(CCO)CCO. The first-order valence-electron chi connectivity index (χ1n) is 7.16. The second-order valence-corrected chi connectivity index (χ2v) is 6.68. The highest BCUT2D eigenvalue weighted by Gasteiger charge is 2.40. The van der Waals surface area contributed by atoms with E-state index in [2.05, 4.69) is 0 Å². The van der Waals surface area contributed by atoms with Crippen molar-refractivity contribution in [1.29, 1.82) is 0 Å². The summed E-state index contributed by atoms with van der Waals surface area (Å²) in [6.07, 6.45) is 1.14. The predicted molar refractivity (Wildman–Crippen MR) is 79.7 cm³/mol. The molecule has 0 amide bonds. The van der Waals surface area contributed by atoms with E-state index >= 15 is 0 Å². The van der Waals surface area contributed by atoms with Crippen molar-refractivity contribution in [2.75, 3.05) is 26.3 Å². The maximum atomic E-state index is 11.3. The van der Waals surface area contributed by atoms with Crippen molar-refractivity contribution in [1.82, 2.24) is 4.90 Å². The topological polar surface area (TPSA) is 90.2 Å². The van der Waals surface area contributed by atoms with Gasteiger partial charge in [-0.15, -0.1) is 0 Å². The van der Waals surface area contributed by atoms with Gasteiger partial charge in [0.2, 0.25) is 0 Å². The Labute approximate surface area is 122 Å². The van der Waals surface area contributed by atoms with Crippen LogP contribution in [-0.4, -0.2) is 52.0 Å². The van der Waals surface area contributed by atoms with Crippen LogP contribution in [0.15, 0.2) is 0 Å². The van der Waals surface area contributed by atoms with Crippen molar-refractivity contribution in [2.24, 2.45) is 11.8 Å². The van der Waals surface area contributed by atoms with E-state index in [1.165, 1.54) is 0 Å². The minimum atomic E-state index is -3.12. The molecule has 0 radical (unpaired) electrons. The van der Waals surface area contributed by atoms with Crippen molar-refractivity contribution in [2.45, 2.75) is 46.3 Å². The van der Waals surface area contributed by atoms with Gasteiger partial charge in [-0.1, -0.05) is 27.7 Å². The third-order valence-electron chi connectivity index (χ3n) is 3.05. The van der Waals surface area contributed by atoms with Crippen LogP contribution in [0.4, 0.5) is 0 Å². The average molecular weight is 311 g/mol. The van der Waals surface area contributed by atoms with E-state index in [1.54, 1.807) is 4.90 Å². The van der Waals surface area contributed by atoms with Crippen molar-refractivity contribution in [3.05, 3.63) is 0 Å². The number of hydrogen-bond donors (Lipinski definition) is 3. The van der Waals surface area contributed by atoms with Gasteiger partial charge in [-0.2, -0.15) is 0 Å². The van der Waals surface area contributed by atoms with Gasteiger partial charge in [0.25, 0.3) is 0 Å². The highest BCUT2D eigenvalue weighted by atomic mass is 31.1. The molecule has 20 heavy (non-hydrogen) atoms. The first kappa shape index (κ1) is 20.0. The molecule has 0 aliphatic rings. The summed E-state index contributed by atoms with van der Waals surface area (Å²) >= 11 is 0. The van der Waals surface area contributed by atoms with Crippen molar-refractivity contribution < 1.29 is 24.2 Å². The molecule has 0 aliphatic carbocycles. The predicted octanol–water partition coefficient (Wildman–Crippen LogP) is 1.46. The van der Waals surface area contributed by atoms with Crippen LogP contribution in [0.5, 0.6) is 0 Å². The second kappa shape index (κ2) is 9.87. The fourth-order valence-electron chi connectivity index (χ4n) is 2.69. The van der Waals surface area contributed by atoms with Crippen LogP contribution in [0.2, 0.25) is 0 Å². The molecule has 0 saturated carbocycles. The summed E-state index contributed by atoms with van der Waals surface area (Å²) in [5.74, 6) is 0.518. The summed E-state index contributed by atoms with van der Waals surface area (Å²) in [4.78, 5) is 11.1. The number of hydrogen-bond acceptors (Lipinski definition) is 5. The molecule has 0 aliphatic heterocycles. The monoisotopic (exact) mass is 311 g/mol. The molecule has 122 valence electrons. The first-order valence-corrected chi connectivity index (χ1v) is 8.42. The number of aliphatic hydroxyl groups excluding tert-OH is 2. The van der Waals surface area contributed by atoms with E-state index in [1.807, 2.05) is 27.7 Å². The lowest BCUT2D eigenvalue weighted by atomic mass is 9.90. The summed E-state index contributed by atoms with van der Waals surface area (Å²) < 4.78 is 16.7. The maximum absolute atomic E-state index is 11.3. The molecule has 0 aromatic heterocycles. The van der Waals surface area contributed by atoms with Gasteiger partial charge in [0, 0.05) is 13.1 Å². The van der Waals surface area contributed by atoms with E-state index in [0.717, 1.165) is 0 Å². The Bertz CT molecular complexity index is 270. The maximum Gasteiger partial charge on any atom is 0.318 e. The Hall–Kier alpha value is 0.0300. The molecule has 0 aromatic rings. The highest BCUT2D eigenvalue weighted by Crippen LogP contribution is 2.39. The summed E-state index contributed by atoms with van der Waals surface area (Å²) in [5.41, 5.74) is -0.918. The normalized spacial score (nSPS) is 14.5. The van der Waals surface area contributed by atoms with Crippen molar-refractivity contribution >= 4 is 8.25 Å². The first-order chi connectivity index (χ1) is 9.27. The summed E-state index contributed by atoms with van der Waals surface area (Å²) in [6, 6.07) is 0. The Kier molecular flexibility index (Phi) is 9.89. The number of aliphatic hydroxyl groups is 2. The molecular formula is C13H30NO5P. The standard InChI is InChI=1S/C13H30NO5P/c1-11(2)9-13(10-12(3)4,19-20(17)18)14(5-7-15)6-8-16/h11-12,15-16,20H,5-10H2,1-4H3,(H,17,18). The van der Waals surface area contributed by atoms with Gasteiger partial charge < -0.3 is 15.1 Å². The van der Waals surface area contributed by atoms with Gasteiger partial charge in [-0.05, 0) is 24.7 Å². The van der Waals surface area contributed by atoms with Crippen molar-refractivity contribution in [3.8, 4) is 0 Å². The fourth-order valence-corrected chi connectivity index (χ4v) is 3.31. The molecule has 3 N–H and O–H groups in total. The highest BCUT2D eigenvalue weighted by molar-refractivity contribution is 7.32. The molecule has 0 saturated heterocycles. The molecule has 0 aromatic carbocycles. The van der Waals surface area contributed by atoms with E-state index in [-0.39, 0.29) is 25.0 Å². The zero-order chi connectivity index (χ0) is 15.8. The van der Waals surface area contributed by atoms with Gasteiger partial charge in [-0.3, -0.25) is 14.0 Å². The lowest BCUT2D eigenvalue weighted by Crippen LogP contribution is -2.53. The summed E-state index contributed by atoms with van der Waals surface area (Å²) in [5, 5.41) is 18.4. The molecular weight excluding hydrogens is 281 g/mol. The van der Waals surface area contributed by atoms with E-state index in [0.29, 0.717) is 25.9 Å². The van der Waals surface area contributed by atoms with Gasteiger partial charge in [0.1, 0.15) is 5.72 Å². The molecule has 0 fully saturated rings. The molecule has 0 rings (SSSR count). The van der Waals surface area contributed by atoms with Gasteiger partial charge >= 0.3 is 8.25 Å². The molecule has 1 unspecified atom stereocenters. The number of nitrogens with zero attached hydrogens (tertiary/aromatic N) is 1. The van der Waals surface area contributed by atoms with Crippen LogP contribution in [0, 0.1) is 11.8 Å². The third-order valence-corrected chi connectivity index (χ3v) is 3.60. The Balaban J connectivity index is 5.43. The smallest absolute Gasteiger partial charge is 0.318 e.